The molecule has 0 aromatic heterocycles. The van der Waals surface area contributed by atoms with Crippen molar-refractivity contribution >= 4 is 22.0 Å². The third-order valence-electron chi connectivity index (χ3n) is 4.22. The summed E-state index contributed by atoms with van der Waals surface area (Å²) < 4.78 is 25.7. The molecule has 8 heteroatoms. The molecule has 1 spiro atoms. The molecule has 0 aromatic carbocycles. The molecule has 2 heterocycles. The fourth-order valence-corrected chi connectivity index (χ4v) is 4.38. The van der Waals surface area contributed by atoms with E-state index in [-0.39, 0.29) is 18.8 Å². The first-order chi connectivity index (χ1) is 9.33. The second-order valence-electron chi connectivity index (χ2n) is 5.36. The first kappa shape index (κ1) is 15.2. The maximum Gasteiger partial charge on any atom is 0.347 e. The average Bonchev–Trinajstić information content (AvgIpc) is 2.62. The lowest BCUT2D eigenvalue weighted by atomic mass is 9.87. The number of hydrogen-bond donors (Lipinski definition) is 0. The summed E-state index contributed by atoms with van der Waals surface area (Å²) in [5.41, 5.74) is -0.923. The third-order valence-corrected chi connectivity index (χ3v) is 6.18. The first-order valence-electron chi connectivity index (χ1n) is 6.85. The summed E-state index contributed by atoms with van der Waals surface area (Å²) in [7, 11) is -1.70. The number of sulfonamides is 1. The highest BCUT2D eigenvalue weighted by Crippen LogP contribution is 2.33. The van der Waals surface area contributed by atoms with Crippen LogP contribution in [0.15, 0.2) is 0 Å². The van der Waals surface area contributed by atoms with E-state index in [4.69, 9.17) is 0 Å². The fraction of sp³-hybridized carbons (Fsp3) is 0.833. The Morgan fingerprint density at radius 1 is 1.25 bits per heavy atom. The fourth-order valence-electron chi connectivity index (χ4n) is 2.73. The van der Waals surface area contributed by atoms with Gasteiger partial charge in [-0.25, -0.2) is 17.5 Å². The molecule has 0 aromatic rings. The van der Waals surface area contributed by atoms with Crippen LogP contribution in [0.25, 0.3) is 0 Å². The van der Waals surface area contributed by atoms with E-state index in [0.29, 0.717) is 19.3 Å². The molecule has 0 unspecified atom stereocenters. The number of likely N-dealkylation sites (N-methyl/N-ethyl adjacent to an activating group) is 1. The number of piperidine rings is 1. The topological polar surface area (TPSA) is 88.9 Å². The van der Waals surface area contributed by atoms with Crippen molar-refractivity contribution in [2.24, 2.45) is 0 Å². The summed E-state index contributed by atoms with van der Waals surface area (Å²) >= 11 is 0. The molecule has 0 aliphatic carbocycles. The number of urea groups is 1. The van der Waals surface area contributed by atoms with Gasteiger partial charge in [-0.3, -0.25) is 4.79 Å². The van der Waals surface area contributed by atoms with Crippen molar-refractivity contribution < 1.29 is 18.0 Å². The Labute approximate surface area is 119 Å². The Bertz CT molecular complexity index is 509. The van der Waals surface area contributed by atoms with Crippen LogP contribution in [0.2, 0.25) is 0 Å². The normalized spacial score (nSPS) is 23.4. The predicted octanol–water partition coefficient (Wildman–Crippen LogP) is 0.147. The third kappa shape index (κ3) is 2.42. The SMILES string of the molecule is CCCCS(=O)(=O)N1CCC2(CC1)C(=O)[N]C(=O)N2C. The van der Waals surface area contributed by atoms with Gasteiger partial charge in [-0.15, -0.1) is 0 Å². The zero-order chi connectivity index (χ0) is 15.0. The van der Waals surface area contributed by atoms with Crippen LogP contribution < -0.4 is 5.32 Å². The molecule has 0 N–H and O–H groups in total. The first-order valence-corrected chi connectivity index (χ1v) is 8.46. The van der Waals surface area contributed by atoms with E-state index in [1.807, 2.05) is 6.92 Å². The molecule has 2 fully saturated rings. The van der Waals surface area contributed by atoms with Crippen LogP contribution >= 0.6 is 0 Å². The Morgan fingerprint density at radius 3 is 2.30 bits per heavy atom. The maximum absolute atomic E-state index is 12.1. The van der Waals surface area contributed by atoms with E-state index in [9.17, 15) is 18.0 Å². The van der Waals surface area contributed by atoms with Gasteiger partial charge in [-0.1, -0.05) is 13.3 Å². The van der Waals surface area contributed by atoms with Gasteiger partial charge in [0.2, 0.25) is 10.0 Å². The number of unbranched alkanes of at least 4 members (excludes halogenated alkanes) is 1. The molecule has 1 radical (unpaired) electrons. The predicted molar refractivity (Wildman–Crippen MR) is 72.5 cm³/mol. The summed E-state index contributed by atoms with van der Waals surface area (Å²) in [6, 6.07) is -0.530. The Balaban J connectivity index is 2.06. The van der Waals surface area contributed by atoms with Gasteiger partial charge >= 0.3 is 6.03 Å². The molecule has 3 amide bonds. The van der Waals surface area contributed by atoms with Gasteiger partial charge < -0.3 is 4.90 Å². The second-order valence-corrected chi connectivity index (χ2v) is 7.45. The summed E-state index contributed by atoms with van der Waals surface area (Å²) in [5, 5.41) is 3.46. The minimum absolute atomic E-state index is 0.142. The molecule has 20 heavy (non-hydrogen) atoms. The number of nitrogens with zero attached hydrogens (tertiary/aromatic N) is 3. The van der Waals surface area contributed by atoms with E-state index >= 15 is 0 Å². The lowest BCUT2D eigenvalue weighted by Crippen LogP contribution is -2.56. The standard InChI is InChI=1S/C12H20N3O4S/c1-3-4-9-20(18,19)15-7-5-12(6-8-15)10(16)13-11(17)14(12)2/h3-9H2,1-2H3. The van der Waals surface area contributed by atoms with Gasteiger partial charge in [0.1, 0.15) is 5.54 Å². The lowest BCUT2D eigenvalue weighted by molar-refractivity contribution is -0.128. The van der Waals surface area contributed by atoms with Crippen molar-refractivity contribution in [3.05, 3.63) is 0 Å². The van der Waals surface area contributed by atoms with Gasteiger partial charge in [0, 0.05) is 20.1 Å². The highest BCUT2D eigenvalue weighted by molar-refractivity contribution is 7.89. The smallest absolute Gasteiger partial charge is 0.311 e. The van der Waals surface area contributed by atoms with Crippen LogP contribution in [0.4, 0.5) is 4.79 Å². The van der Waals surface area contributed by atoms with E-state index in [0.717, 1.165) is 6.42 Å². The second kappa shape index (κ2) is 5.33. The molecule has 2 aliphatic heterocycles. The molecular weight excluding hydrogens is 282 g/mol. The monoisotopic (exact) mass is 302 g/mol. The summed E-state index contributed by atoms with van der Waals surface area (Å²) in [6.07, 6.45) is 2.11. The molecule has 0 bridgehead atoms. The van der Waals surface area contributed by atoms with Crippen LogP contribution in [-0.2, 0) is 14.8 Å². The Morgan fingerprint density at radius 2 is 1.85 bits per heavy atom. The molecule has 2 aliphatic rings. The Kier molecular flexibility index (Phi) is 4.06. The Hall–Kier alpha value is -1.15. The maximum atomic E-state index is 12.1. The lowest BCUT2D eigenvalue weighted by Gasteiger charge is -2.39. The van der Waals surface area contributed by atoms with E-state index in [1.54, 1.807) is 7.05 Å². The summed E-state index contributed by atoms with van der Waals surface area (Å²) in [4.78, 5) is 24.7. The number of carbonyl (C=O) groups excluding carboxylic acids is 2. The average molecular weight is 302 g/mol. The molecule has 2 rings (SSSR count). The zero-order valence-corrected chi connectivity index (χ0v) is 12.6. The van der Waals surface area contributed by atoms with E-state index in [1.165, 1.54) is 9.21 Å². The summed E-state index contributed by atoms with van der Waals surface area (Å²) in [6.45, 7) is 2.48. The van der Waals surface area contributed by atoms with E-state index < -0.39 is 27.5 Å². The molecular formula is C12H20N3O4S. The van der Waals surface area contributed by atoms with Gasteiger partial charge in [0.25, 0.3) is 5.91 Å². The minimum atomic E-state index is -3.25. The zero-order valence-electron chi connectivity index (χ0n) is 11.8. The quantitative estimate of drug-likeness (QED) is 0.691. The van der Waals surface area contributed by atoms with Gasteiger partial charge in [0.05, 0.1) is 5.75 Å². The largest absolute Gasteiger partial charge is 0.347 e. The number of hydrogen-bond acceptors (Lipinski definition) is 4. The van der Waals surface area contributed by atoms with Crippen LogP contribution in [0.5, 0.6) is 0 Å². The van der Waals surface area contributed by atoms with Crippen molar-refractivity contribution in [1.29, 1.82) is 0 Å². The molecule has 7 nitrogen and oxygen atoms in total. The number of imide groups is 1. The summed E-state index contributed by atoms with van der Waals surface area (Å²) in [5.74, 6) is -0.292. The van der Waals surface area contributed by atoms with Crippen LogP contribution in [0.3, 0.4) is 0 Å². The van der Waals surface area contributed by atoms with Crippen molar-refractivity contribution in [2.75, 3.05) is 25.9 Å². The van der Waals surface area contributed by atoms with Crippen LogP contribution in [-0.4, -0.2) is 61.0 Å². The van der Waals surface area contributed by atoms with Gasteiger partial charge in [0.15, 0.2) is 0 Å². The van der Waals surface area contributed by atoms with Crippen LogP contribution in [0, 0.1) is 0 Å². The molecule has 113 valence electrons. The van der Waals surface area contributed by atoms with Gasteiger partial charge in [-0.2, -0.15) is 5.32 Å². The van der Waals surface area contributed by atoms with Crippen molar-refractivity contribution in [1.82, 2.24) is 14.5 Å². The number of rotatable bonds is 4. The van der Waals surface area contributed by atoms with Crippen molar-refractivity contribution in [2.45, 2.75) is 38.1 Å². The van der Waals surface area contributed by atoms with Crippen LogP contribution in [0.1, 0.15) is 32.6 Å². The van der Waals surface area contributed by atoms with Gasteiger partial charge in [-0.05, 0) is 19.3 Å². The molecule has 2 saturated heterocycles. The van der Waals surface area contributed by atoms with Crippen molar-refractivity contribution in [3.8, 4) is 0 Å². The molecule has 0 saturated carbocycles. The minimum Gasteiger partial charge on any atom is -0.311 e. The van der Waals surface area contributed by atoms with E-state index in [2.05, 4.69) is 5.32 Å². The number of amides is 3. The highest BCUT2D eigenvalue weighted by Gasteiger charge is 2.54. The van der Waals surface area contributed by atoms with Crippen molar-refractivity contribution in [3.63, 3.8) is 0 Å². The highest BCUT2D eigenvalue weighted by atomic mass is 32.2. The number of carbonyl (C=O) groups is 2. The molecule has 0 atom stereocenters.